The number of carbonyl (C=O) groups excluding carboxylic acids is 1. The molecule has 2 aromatic heterocycles. The van der Waals surface area contributed by atoms with Crippen LogP contribution in [0.3, 0.4) is 0 Å². The number of aromatic amines is 1. The summed E-state index contributed by atoms with van der Waals surface area (Å²) in [7, 11) is 0. The van der Waals surface area contributed by atoms with Crippen LogP contribution in [0.1, 0.15) is 27.7 Å². The molecule has 3 rings (SSSR count). The van der Waals surface area contributed by atoms with Gasteiger partial charge in [0.1, 0.15) is 5.82 Å². The van der Waals surface area contributed by atoms with E-state index in [-0.39, 0.29) is 5.91 Å². The molecule has 0 bridgehead atoms. The summed E-state index contributed by atoms with van der Waals surface area (Å²) in [5.41, 5.74) is 2.04. The van der Waals surface area contributed by atoms with Crippen LogP contribution in [-0.2, 0) is 6.42 Å². The number of thiophene rings is 1. The van der Waals surface area contributed by atoms with Gasteiger partial charge in [0, 0.05) is 10.3 Å². The van der Waals surface area contributed by atoms with E-state index in [2.05, 4.69) is 15.5 Å². The first-order valence-electron chi connectivity index (χ1n) is 6.52. The molecule has 1 amide bonds. The second-order valence-corrected chi connectivity index (χ2v) is 5.68. The van der Waals surface area contributed by atoms with Crippen LogP contribution in [0.25, 0.3) is 10.1 Å². The lowest BCUT2D eigenvalue weighted by atomic mass is 10.1. The van der Waals surface area contributed by atoms with E-state index < -0.39 is 0 Å². The number of amides is 1. The van der Waals surface area contributed by atoms with Crippen molar-refractivity contribution < 1.29 is 4.79 Å². The molecular weight excluding hydrogens is 270 g/mol. The average Bonchev–Trinajstić information content (AvgIpc) is 3.04. The number of aromatic nitrogens is 2. The maximum Gasteiger partial charge on any atom is 0.267 e. The van der Waals surface area contributed by atoms with E-state index in [1.165, 1.54) is 11.3 Å². The number of benzene rings is 1. The Morgan fingerprint density at radius 3 is 2.95 bits per heavy atom. The van der Waals surface area contributed by atoms with Crippen molar-refractivity contribution in [3.8, 4) is 0 Å². The lowest BCUT2D eigenvalue weighted by molar-refractivity contribution is 0.102. The van der Waals surface area contributed by atoms with Crippen LogP contribution in [0, 0.1) is 6.92 Å². The molecule has 2 heterocycles. The summed E-state index contributed by atoms with van der Waals surface area (Å²) in [6.07, 6.45) is 2.57. The summed E-state index contributed by atoms with van der Waals surface area (Å²) in [6, 6.07) is 8.07. The minimum Gasteiger partial charge on any atom is -0.306 e. The van der Waals surface area contributed by atoms with Gasteiger partial charge in [0.05, 0.1) is 11.1 Å². The molecule has 0 unspecified atom stereocenters. The first-order chi connectivity index (χ1) is 9.70. The van der Waals surface area contributed by atoms with E-state index >= 15 is 0 Å². The first-order valence-corrected chi connectivity index (χ1v) is 7.34. The van der Waals surface area contributed by atoms with Crippen molar-refractivity contribution in [2.75, 3.05) is 5.32 Å². The molecule has 0 fully saturated rings. The molecule has 0 aliphatic rings. The Bertz CT molecular complexity index is 772. The SMILES string of the molecule is CCc1cn[nH]c1NC(=O)c1sc2ccccc2c1C. The van der Waals surface area contributed by atoms with Crippen molar-refractivity contribution >= 4 is 33.1 Å². The number of H-pyrrole nitrogens is 1. The van der Waals surface area contributed by atoms with Gasteiger partial charge in [0.2, 0.25) is 0 Å². The molecule has 0 atom stereocenters. The maximum atomic E-state index is 12.4. The molecule has 3 aromatic rings. The van der Waals surface area contributed by atoms with Crippen molar-refractivity contribution in [3.05, 3.63) is 46.5 Å². The number of aryl methyl sites for hydroxylation is 2. The first kappa shape index (κ1) is 12.9. The third-order valence-corrected chi connectivity index (χ3v) is 4.66. The number of nitrogens with zero attached hydrogens (tertiary/aromatic N) is 1. The number of hydrogen-bond donors (Lipinski definition) is 2. The van der Waals surface area contributed by atoms with Gasteiger partial charge in [-0.05, 0) is 30.4 Å². The van der Waals surface area contributed by atoms with Gasteiger partial charge in [-0.2, -0.15) is 5.10 Å². The molecule has 0 saturated heterocycles. The van der Waals surface area contributed by atoms with E-state index in [0.29, 0.717) is 5.82 Å². The number of nitrogens with one attached hydrogen (secondary N) is 2. The minimum atomic E-state index is -0.0809. The van der Waals surface area contributed by atoms with Crippen LogP contribution in [0.4, 0.5) is 5.82 Å². The molecule has 5 heteroatoms. The van der Waals surface area contributed by atoms with Gasteiger partial charge in [0.25, 0.3) is 5.91 Å². The molecule has 0 aliphatic heterocycles. The molecule has 0 saturated carbocycles. The van der Waals surface area contributed by atoms with Crippen LogP contribution >= 0.6 is 11.3 Å². The summed E-state index contributed by atoms with van der Waals surface area (Å²) in [4.78, 5) is 13.2. The van der Waals surface area contributed by atoms with E-state index in [1.54, 1.807) is 6.20 Å². The standard InChI is InChI=1S/C15H15N3OS/c1-3-10-8-16-18-14(10)17-15(19)13-9(2)11-6-4-5-7-12(11)20-13/h4-8H,3H2,1-2H3,(H2,16,17,18,19). The molecule has 0 radical (unpaired) electrons. The highest BCUT2D eigenvalue weighted by molar-refractivity contribution is 7.21. The largest absolute Gasteiger partial charge is 0.306 e. The fourth-order valence-electron chi connectivity index (χ4n) is 2.25. The Morgan fingerprint density at radius 1 is 1.40 bits per heavy atom. The number of carbonyl (C=O) groups is 1. The van der Waals surface area contributed by atoms with Crippen molar-refractivity contribution in [3.63, 3.8) is 0 Å². The summed E-state index contributed by atoms with van der Waals surface area (Å²) < 4.78 is 1.13. The third-order valence-electron chi connectivity index (χ3n) is 3.39. The molecule has 1 aromatic carbocycles. The van der Waals surface area contributed by atoms with E-state index in [0.717, 1.165) is 32.5 Å². The Morgan fingerprint density at radius 2 is 2.20 bits per heavy atom. The molecular formula is C15H15N3OS. The van der Waals surface area contributed by atoms with Gasteiger partial charge < -0.3 is 5.32 Å². The van der Waals surface area contributed by atoms with Crippen molar-refractivity contribution in [1.82, 2.24) is 10.2 Å². The smallest absolute Gasteiger partial charge is 0.267 e. The van der Waals surface area contributed by atoms with E-state index in [4.69, 9.17) is 0 Å². The lowest BCUT2D eigenvalue weighted by Gasteiger charge is -2.03. The Balaban J connectivity index is 1.95. The van der Waals surface area contributed by atoms with Gasteiger partial charge in [0.15, 0.2) is 0 Å². The molecule has 0 aliphatic carbocycles. The summed E-state index contributed by atoms with van der Waals surface area (Å²) in [5.74, 6) is 0.608. The Kier molecular flexibility index (Phi) is 3.28. The second kappa shape index (κ2) is 5.09. The maximum absolute atomic E-state index is 12.4. The quantitative estimate of drug-likeness (QED) is 0.770. The number of rotatable bonds is 3. The van der Waals surface area contributed by atoms with Gasteiger partial charge >= 0.3 is 0 Å². The predicted octanol–water partition coefficient (Wildman–Crippen LogP) is 3.75. The van der Waals surface area contributed by atoms with Crippen LogP contribution in [0.5, 0.6) is 0 Å². The predicted molar refractivity (Wildman–Crippen MR) is 82.5 cm³/mol. The van der Waals surface area contributed by atoms with E-state index in [1.807, 2.05) is 38.1 Å². The monoisotopic (exact) mass is 285 g/mol. The zero-order valence-electron chi connectivity index (χ0n) is 11.4. The van der Waals surface area contributed by atoms with Crippen LogP contribution < -0.4 is 5.32 Å². The Hall–Kier alpha value is -2.14. The average molecular weight is 285 g/mol. The summed E-state index contributed by atoms with van der Waals surface area (Å²) >= 11 is 1.52. The zero-order valence-corrected chi connectivity index (χ0v) is 12.2. The topological polar surface area (TPSA) is 57.8 Å². The normalized spacial score (nSPS) is 10.9. The number of anilines is 1. The van der Waals surface area contributed by atoms with Crippen LogP contribution in [0.2, 0.25) is 0 Å². The fraction of sp³-hybridized carbons (Fsp3) is 0.200. The number of fused-ring (bicyclic) bond motifs is 1. The highest BCUT2D eigenvalue weighted by atomic mass is 32.1. The van der Waals surface area contributed by atoms with Gasteiger partial charge in [-0.25, -0.2) is 0 Å². The third kappa shape index (κ3) is 2.10. The number of hydrogen-bond acceptors (Lipinski definition) is 3. The van der Waals surface area contributed by atoms with Crippen molar-refractivity contribution in [1.29, 1.82) is 0 Å². The van der Waals surface area contributed by atoms with Crippen LogP contribution in [0.15, 0.2) is 30.5 Å². The molecule has 20 heavy (non-hydrogen) atoms. The van der Waals surface area contributed by atoms with Crippen molar-refractivity contribution in [2.45, 2.75) is 20.3 Å². The van der Waals surface area contributed by atoms with Gasteiger partial charge in [-0.1, -0.05) is 25.1 Å². The van der Waals surface area contributed by atoms with E-state index in [9.17, 15) is 4.79 Å². The van der Waals surface area contributed by atoms with Crippen LogP contribution in [-0.4, -0.2) is 16.1 Å². The second-order valence-electron chi connectivity index (χ2n) is 4.63. The molecule has 0 spiro atoms. The molecule has 4 nitrogen and oxygen atoms in total. The lowest BCUT2D eigenvalue weighted by Crippen LogP contribution is -2.12. The highest BCUT2D eigenvalue weighted by Crippen LogP contribution is 2.31. The summed E-state index contributed by atoms with van der Waals surface area (Å²) in [6.45, 7) is 4.02. The zero-order chi connectivity index (χ0) is 14.1. The molecule has 102 valence electrons. The summed E-state index contributed by atoms with van der Waals surface area (Å²) in [5, 5.41) is 10.9. The van der Waals surface area contributed by atoms with Crippen molar-refractivity contribution in [2.24, 2.45) is 0 Å². The fourth-order valence-corrected chi connectivity index (χ4v) is 3.35. The van der Waals surface area contributed by atoms with Gasteiger partial charge in [-0.15, -0.1) is 11.3 Å². The Labute approximate surface area is 120 Å². The highest BCUT2D eigenvalue weighted by Gasteiger charge is 2.16. The minimum absolute atomic E-state index is 0.0809. The molecule has 2 N–H and O–H groups in total. The van der Waals surface area contributed by atoms with Gasteiger partial charge in [-0.3, -0.25) is 9.89 Å².